The summed E-state index contributed by atoms with van der Waals surface area (Å²) in [5.74, 6) is 0. The molecule has 1 aromatic rings. The summed E-state index contributed by atoms with van der Waals surface area (Å²) in [5.41, 5.74) is 0.907. The Morgan fingerprint density at radius 2 is 2.42 bits per heavy atom. The zero-order valence-electron chi connectivity index (χ0n) is 6.79. The zero-order valence-corrected chi connectivity index (χ0v) is 7.60. The van der Waals surface area contributed by atoms with Gasteiger partial charge in [0.2, 0.25) is 0 Å². The molecule has 4 heteroatoms. The minimum absolute atomic E-state index is 0.0731. The summed E-state index contributed by atoms with van der Waals surface area (Å²) in [6, 6.07) is 0.533. The average molecular weight is 184 g/mol. The molecule has 2 N–H and O–H groups in total. The summed E-state index contributed by atoms with van der Waals surface area (Å²) >= 11 is 5.11. The number of H-pyrrole nitrogens is 1. The Labute approximate surface area is 76.0 Å². The maximum atomic E-state index is 9.01. The van der Waals surface area contributed by atoms with E-state index in [1.807, 2.05) is 4.57 Å². The van der Waals surface area contributed by atoms with E-state index in [0.717, 1.165) is 10.5 Å². The number of aromatic nitrogens is 2. The highest BCUT2D eigenvalue weighted by Crippen LogP contribution is 2.32. The van der Waals surface area contributed by atoms with Gasteiger partial charge in [-0.3, -0.25) is 0 Å². The van der Waals surface area contributed by atoms with Crippen LogP contribution in [0.3, 0.4) is 0 Å². The fraction of sp³-hybridized carbons (Fsp3) is 0.625. The average Bonchev–Trinajstić information content (AvgIpc) is 2.30. The Morgan fingerprint density at radius 3 is 2.92 bits per heavy atom. The van der Waals surface area contributed by atoms with Crippen LogP contribution < -0.4 is 0 Å². The lowest BCUT2D eigenvalue weighted by Crippen LogP contribution is -2.19. The Hall–Kier alpha value is -0.610. The van der Waals surface area contributed by atoms with Gasteiger partial charge in [-0.05, 0) is 31.5 Å². The number of aliphatic hydroxyl groups excluding tert-OH is 1. The summed E-state index contributed by atoms with van der Waals surface area (Å²) in [6.45, 7) is 0.0731. The van der Waals surface area contributed by atoms with Crippen LogP contribution in [0.25, 0.3) is 0 Å². The van der Waals surface area contributed by atoms with Gasteiger partial charge in [0.25, 0.3) is 0 Å². The number of nitrogens with zero attached hydrogens (tertiary/aromatic N) is 1. The van der Waals surface area contributed by atoms with Crippen molar-refractivity contribution >= 4 is 12.2 Å². The molecule has 1 heterocycles. The van der Waals surface area contributed by atoms with E-state index in [-0.39, 0.29) is 6.61 Å². The fourth-order valence-corrected chi connectivity index (χ4v) is 1.91. The number of aliphatic hydroxyl groups is 1. The van der Waals surface area contributed by atoms with Gasteiger partial charge in [-0.15, -0.1) is 0 Å². The van der Waals surface area contributed by atoms with Gasteiger partial charge >= 0.3 is 0 Å². The van der Waals surface area contributed by atoms with Gasteiger partial charge in [-0.2, -0.15) is 0 Å². The molecule has 1 aliphatic carbocycles. The van der Waals surface area contributed by atoms with E-state index in [1.165, 1.54) is 19.3 Å². The van der Waals surface area contributed by atoms with Crippen LogP contribution in [0.5, 0.6) is 0 Å². The van der Waals surface area contributed by atoms with Crippen LogP contribution >= 0.6 is 12.2 Å². The van der Waals surface area contributed by atoms with E-state index in [4.69, 9.17) is 17.3 Å². The molecule has 0 bridgehead atoms. The lowest BCUT2D eigenvalue weighted by atomic mass is 9.93. The Bertz CT molecular complexity index is 324. The molecular weight excluding hydrogens is 172 g/mol. The van der Waals surface area contributed by atoms with Crippen molar-refractivity contribution in [1.82, 2.24) is 9.55 Å². The van der Waals surface area contributed by atoms with Crippen LogP contribution in [0.15, 0.2) is 6.20 Å². The van der Waals surface area contributed by atoms with E-state index in [1.54, 1.807) is 6.20 Å². The molecule has 0 radical (unpaired) electrons. The predicted octanol–water partition coefficient (Wildman–Crippen LogP) is 1.76. The second-order valence-electron chi connectivity index (χ2n) is 3.20. The maximum Gasteiger partial charge on any atom is 0.177 e. The maximum absolute atomic E-state index is 9.01. The number of hydrogen-bond donors (Lipinski definition) is 2. The molecule has 1 aliphatic rings. The molecule has 0 spiro atoms. The van der Waals surface area contributed by atoms with Crippen molar-refractivity contribution in [2.75, 3.05) is 0 Å². The Morgan fingerprint density at radius 1 is 1.67 bits per heavy atom. The molecule has 1 aromatic heterocycles. The first kappa shape index (κ1) is 8.01. The number of rotatable bonds is 2. The van der Waals surface area contributed by atoms with Crippen molar-refractivity contribution in [3.63, 3.8) is 0 Å². The summed E-state index contributed by atoms with van der Waals surface area (Å²) in [6.07, 6.45) is 5.46. The van der Waals surface area contributed by atoms with Crippen LogP contribution in [0.1, 0.15) is 31.0 Å². The largest absolute Gasteiger partial charge is 0.390 e. The molecule has 3 nitrogen and oxygen atoms in total. The monoisotopic (exact) mass is 184 g/mol. The van der Waals surface area contributed by atoms with Gasteiger partial charge in [0, 0.05) is 12.2 Å². The first-order chi connectivity index (χ1) is 5.83. The third-order valence-electron chi connectivity index (χ3n) is 2.49. The molecule has 1 saturated carbocycles. The summed E-state index contributed by atoms with van der Waals surface area (Å²) < 4.78 is 2.78. The van der Waals surface area contributed by atoms with Crippen LogP contribution in [-0.4, -0.2) is 14.7 Å². The van der Waals surface area contributed by atoms with E-state index in [9.17, 15) is 0 Å². The number of imidazole rings is 1. The highest BCUT2D eigenvalue weighted by molar-refractivity contribution is 7.71. The fourth-order valence-electron chi connectivity index (χ4n) is 1.58. The normalized spacial score (nSPS) is 17.8. The molecule has 2 rings (SSSR count). The van der Waals surface area contributed by atoms with E-state index in [2.05, 4.69) is 4.98 Å². The quantitative estimate of drug-likeness (QED) is 0.688. The van der Waals surface area contributed by atoms with Crippen molar-refractivity contribution in [3.05, 3.63) is 16.7 Å². The molecule has 1 fully saturated rings. The standard InChI is InChI=1S/C8H12N2OS/c11-5-7-4-9-8(12)10(7)6-2-1-3-6/h4,6,11H,1-3,5H2,(H,9,12). The van der Waals surface area contributed by atoms with Gasteiger partial charge in [0.1, 0.15) is 0 Å². The van der Waals surface area contributed by atoms with Crippen molar-refractivity contribution in [2.24, 2.45) is 0 Å². The predicted molar refractivity (Wildman–Crippen MR) is 48.4 cm³/mol. The molecule has 66 valence electrons. The van der Waals surface area contributed by atoms with Crippen molar-refractivity contribution in [1.29, 1.82) is 0 Å². The lowest BCUT2D eigenvalue weighted by Gasteiger charge is -2.28. The first-order valence-electron chi connectivity index (χ1n) is 4.22. The third-order valence-corrected chi connectivity index (χ3v) is 2.81. The van der Waals surface area contributed by atoms with Crippen LogP contribution in [0.2, 0.25) is 0 Å². The minimum atomic E-state index is 0.0731. The van der Waals surface area contributed by atoms with Crippen LogP contribution in [0, 0.1) is 4.77 Å². The number of nitrogens with one attached hydrogen (secondary N) is 1. The Kier molecular flexibility index (Phi) is 2.02. The van der Waals surface area contributed by atoms with Gasteiger partial charge < -0.3 is 14.7 Å². The number of aromatic amines is 1. The van der Waals surface area contributed by atoms with E-state index >= 15 is 0 Å². The Balaban J connectivity index is 2.38. The molecule has 0 aliphatic heterocycles. The molecule has 12 heavy (non-hydrogen) atoms. The van der Waals surface area contributed by atoms with Crippen LogP contribution in [-0.2, 0) is 6.61 Å². The minimum Gasteiger partial charge on any atom is -0.390 e. The molecule has 0 amide bonds. The second-order valence-corrected chi connectivity index (χ2v) is 3.58. The summed E-state index contributed by atoms with van der Waals surface area (Å²) in [7, 11) is 0. The van der Waals surface area contributed by atoms with E-state index in [0.29, 0.717) is 6.04 Å². The third kappa shape index (κ3) is 1.11. The van der Waals surface area contributed by atoms with Crippen LogP contribution in [0.4, 0.5) is 0 Å². The van der Waals surface area contributed by atoms with Gasteiger partial charge in [0.15, 0.2) is 4.77 Å². The van der Waals surface area contributed by atoms with Crippen molar-refractivity contribution in [3.8, 4) is 0 Å². The molecule has 0 unspecified atom stereocenters. The van der Waals surface area contributed by atoms with Gasteiger partial charge in [-0.25, -0.2) is 0 Å². The molecule has 0 atom stereocenters. The first-order valence-corrected chi connectivity index (χ1v) is 4.63. The summed E-state index contributed by atoms with van der Waals surface area (Å²) in [5, 5.41) is 9.01. The second kappa shape index (κ2) is 3.03. The molecule has 0 aromatic carbocycles. The topological polar surface area (TPSA) is 40.9 Å². The van der Waals surface area contributed by atoms with Crippen molar-refractivity contribution < 1.29 is 5.11 Å². The number of hydrogen-bond acceptors (Lipinski definition) is 2. The van der Waals surface area contributed by atoms with E-state index < -0.39 is 0 Å². The van der Waals surface area contributed by atoms with Gasteiger partial charge in [-0.1, -0.05) is 0 Å². The molecule has 0 saturated heterocycles. The SMILES string of the molecule is OCc1c[nH]c(=S)n1C1CCC1. The molecular formula is C8H12N2OS. The highest BCUT2D eigenvalue weighted by atomic mass is 32.1. The highest BCUT2D eigenvalue weighted by Gasteiger charge is 2.21. The van der Waals surface area contributed by atoms with Crippen molar-refractivity contribution in [2.45, 2.75) is 31.9 Å². The summed E-state index contributed by atoms with van der Waals surface area (Å²) in [4.78, 5) is 2.96. The van der Waals surface area contributed by atoms with Gasteiger partial charge in [0.05, 0.1) is 12.3 Å². The zero-order chi connectivity index (χ0) is 8.55. The lowest BCUT2D eigenvalue weighted by molar-refractivity contribution is 0.245. The smallest absolute Gasteiger partial charge is 0.177 e.